The van der Waals surface area contributed by atoms with Crippen molar-refractivity contribution in [2.45, 2.75) is 38.3 Å². The third-order valence-corrected chi connectivity index (χ3v) is 3.73. The van der Waals surface area contributed by atoms with Crippen LogP contribution in [0.4, 0.5) is 4.39 Å². The highest BCUT2D eigenvalue weighted by atomic mass is 19.1. The molecule has 0 unspecified atom stereocenters. The van der Waals surface area contributed by atoms with Crippen LogP contribution >= 0.6 is 0 Å². The third-order valence-electron chi connectivity index (χ3n) is 3.73. The van der Waals surface area contributed by atoms with Crippen LogP contribution in [-0.2, 0) is 11.3 Å². The topological polar surface area (TPSA) is 40.5 Å². The first-order chi connectivity index (χ1) is 9.06. The Morgan fingerprint density at radius 1 is 1.37 bits per heavy atom. The molecule has 0 radical (unpaired) electrons. The lowest BCUT2D eigenvalue weighted by atomic mass is 9.86. The molecule has 1 aromatic rings. The Bertz CT molecular complexity index is 442. The second-order valence-electron chi connectivity index (χ2n) is 5.33. The molecule has 0 aromatic heterocycles. The van der Waals surface area contributed by atoms with E-state index in [-0.39, 0.29) is 23.7 Å². The fourth-order valence-electron chi connectivity index (χ4n) is 2.62. The molecule has 1 aliphatic rings. The van der Waals surface area contributed by atoms with Gasteiger partial charge in [0.05, 0.1) is 6.10 Å². The van der Waals surface area contributed by atoms with Crippen molar-refractivity contribution in [3.63, 3.8) is 0 Å². The van der Waals surface area contributed by atoms with E-state index in [9.17, 15) is 14.3 Å². The first kappa shape index (κ1) is 14.0. The maximum Gasteiger partial charge on any atom is 0.225 e. The van der Waals surface area contributed by atoms with Gasteiger partial charge >= 0.3 is 0 Å². The highest BCUT2D eigenvalue weighted by molar-refractivity contribution is 5.78. The van der Waals surface area contributed by atoms with E-state index >= 15 is 0 Å². The van der Waals surface area contributed by atoms with Crippen LogP contribution in [0, 0.1) is 11.7 Å². The van der Waals surface area contributed by atoms with Crippen LogP contribution < -0.4 is 0 Å². The summed E-state index contributed by atoms with van der Waals surface area (Å²) in [6, 6.07) is 6.32. The Balaban J connectivity index is 1.92. The molecule has 19 heavy (non-hydrogen) atoms. The molecule has 104 valence electrons. The van der Waals surface area contributed by atoms with Crippen molar-refractivity contribution >= 4 is 5.91 Å². The minimum Gasteiger partial charge on any atom is -0.393 e. The van der Waals surface area contributed by atoms with Gasteiger partial charge in [-0.25, -0.2) is 4.39 Å². The quantitative estimate of drug-likeness (QED) is 0.911. The van der Waals surface area contributed by atoms with E-state index in [1.54, 1.807) is 18.0 Å². The molecule has 0 heterocycles. The predicted octanol–water partition coefficient (Wildman–Crippen LogP) is 2.34. The second-order valence-corrected chi connectivity index (χ2v) is 5.33. The summed E-state index contributed by atoms with van der Waals surface area (Å²) < 4.78 is 13.1. The molecule has 0 saturated heterocycles. The minimum absolute atomic E-state index is 0.00181. The average molecular weight is 265 g/mol. The van der Waals surface area contributed by atoms with E-state index in [0.717, 1.165) is 18.4 Å². The van der Waals surface area contributed by atoms with E-state index in [0.29, 0.717) is 19.4 Å². The van der Waals surface area contributed by atoms with E-state index in [1.165, 1.54) is 12.1 Å². The van der Waals surface area contributed by atoms with Crippen molar-refractivity contribution in [2.75, 3.05) is 7.05 Å². The minimum atomic E-state index is -0.279. The molecule has 0 atom stereocenters. The standard InChI is InChI=1S/C15H20FNO2/c1-17(10-11-3-2-4-13(16)9-11)15(19)12-5-7-14(18)8-6-12/h2-4,9,12,14,18H,5-8,10H2,1H3. The highest BCUT2D eigenvalue weighted by Crippen LogP contribution is 2.26. The second kappa shape index (κ2) is 6.15. The number of hydrogen-bond acceptors (Lipinski definition) is 2. The highest BCUT2D eigenvalue weighted by Gasteiger charge is 2.27. The fraction of sp³-hybridized carbons (Fsp3) is 0.533. The summed E-state index contributed by atoms with van der Waals surface area (Å²) >= 11 is 0. The van der Waals surface area contributed by atoms with Gasteiger partial charge < -0.3 is 10.0 Å². The molecule has 0 bridgehead atoms. The van der Waals surface area contributed by atoms with Gasteiger partial charge in [0, 0.05) is 19.5 Å². The molecule has 0 spiro atoms. The largest absolute Gasteiger partial charge is 0.393 e. The zero-order chi connectivity index (χ0) is 13.8. The molecular formula is C15H20FNO2. The molecule has 1 amide bonds. The summed E-state index contributed by atoms with van der Waals surface area (Å²) in [4.78, 5) is 13.9. The Morgan fingerprint density at radius 2 is 2.05 bits per heavy atom. The van der Waals surface area contributed by atoms with Crippen molar-refractivity contribution in [3.05, 3.63) is 35.6 Å². The lowest BCUT2D eigenvalue weighted by molar-refractivity contribution is -0.136. The van der Waals surface area contributed by atoms with Crippen molar-refractivity contribution in [3.8, 4) is 0 Å². The van der Waals surface area contributed by atoms with Gasteiger partial charge in [0.25, 0.3) is 0 Å². The molecule has 3 nitrogen and oxygen atoms in total. The van der Waals surface area contributed by atoms with Gasteiger partial charge in [-0.05, 0) is 43.4 Å². The Morgan fingerprint density at radius 3 is 2.68 bits per heavy atom. The van der Waals surface area contributed by atoms with E-state index in [1.807, 2.05) is 6.07 Å². The van der Waals surface area contributed by atoms with Crippen LogP contribution in [0.25, 0.3) is 0 Å². The van der Waals surface area contributed by atoms with Crippen LogP contribution in [-0.4, -0.2) is 29.1 Å². The molecule has 1 aromatic carbocycles. The first-order valence-electron chi connectivity index (χ1n) is 6.73. The molecule has 1 N–H and O–H groups in total. The Kier molecular flexibility index (Phi) is 4.53. The number of carbonyl (C=O) groups is 1. The zero-order valence-electron chi connectivity index (χ0n) is 11.2. The van der Waals surface area contributed by atoms with Gasteiger partial charge in [-0.3, -0.25) is 4.79 Å². The monoisotopic (exact) mass is 265 g/mol. The molecule has 1 fully saturated rings. The van der Waals surface area contributed by atoms with Gasteiger partial charge in [-0.2, -0.15) is 0 Å². The number of aliphatic hydroxyl groups excluding tert-OH is 1. The van der Waals surface area contributed by atoms with Crippen LogP contribution in [0.1, 0.15) is 31.2 Å². The molecule has 1 aliphatic carbocycles. The Labute approximate surface area is 113 Å². The molecular weight excluding hydrogens is 245 g/mol. The van der Waals surface area contributed by atoms with Gasteiger partial charge in [0.2, 0.25) is 5.91 Å². The number of amides is 1. The molecule has 2 rings (SSSR count). The summed E-state index contributed by atoms with van der Waals surface area (Å²) in [7, 11) is 1.75. The van der Waals surface area contributed by atoms with Crippen molar-refractivity contribution in [1.82, 2.24) is 4.90 Å². The van der Waals surface area contributed by atoms with Crippen molar-refractivity contribution in [1.29, 1.82) is 0 Å². The van der Waals surface area contributed by atoms with Crippen molar-refractivity contribution in [2.24, 2.45) is 5.92 Å². The molecule has 1 saturated carbocycles. The average Bonchev–Trinajstić information content (AvgIpc) is 2.39. The number of nitrogens with zero attached hydrogens (tertiary/aromatic N) is 1. The van der Waals surface area contributed by atoms with Crippen LogP contribution in [0.15, 0.2) is 24.3 Å². The van der Waals surface area contributed by atoms with E-state index < -0.39 is 0 Å². The summed E-state index contributed by atoms with van der Waals surface area (Å²) in [6.07, 6.45) is 2.63. The Hall–Kier alpha value is -1.42. The lowest BCUT2D eigenvalue weighted by Gasteiger charge is -2.28. The van der Waals surface area contributed by atoms with Crippen LogP contribution in [0.5, 0.6) is 0 Å². The normalized spacial score (nSPS) is 23.1. The maximum absolute atomic E-state index is 13.1. The smallest absolute Gasteiger partial charge is 0.225 e. The van der Waals surface area contributed by atoms with E-state index in [2.05, 4.69) is 0 Å². The summed E-state index contributed by atoms with van der Waals surface area (Å²) in [5, 5.41) is 9.45. The molecule has 0 aliphatic heterocycles. The number of hydrogen-bond donors (Lipinski definition) is 1. The third kappa shape index (κ3) is 3.77. The van der Waals surface area contributed by atoms with Gasteiger partial charge in [0.15, 0.2) is 0 Å². The van der Waals surface area contributed by atoms with Gasteiger partial charge in [-0.1, -0.05) is 12.1 Å². The number of aliphatic hydroxyl groups is 1. The summed E-state index contributed by atoms with van der Waals surface area (Å²) in [6.45, 7) is 0.426. The SMILES string of the molecule is CN(Cc1cccc(F)c1)C(=O)C1CCC(O)CC1. The lowest BCUT2D eigenvalue weighted by Crippen LogP contribution is -2.35. The number of rotatable bonds is 3. The van der Waals surface area contributed by atoms with Crippen LogP contribution in [0.3, 0.4) is 0 Å². The van der Waals surface area contributed by atoms with E-state index in [4.69, 9.17) is 0 Å². The summed E-state index contributed by atoms with van der Waals surface area (Å²) in [5.41, 5.74) is 0.798. The van der Waals surface area contributed by atoms with Crippen molar-refractivity contribution < 1.29 is 14.3 Å². The first-order valence-corrected chi connectivity index (χ1v) is 6.73. The zero-order valence-corrected chi connectivity index (χ0v) is 11.2. The fourth-order valence-corrected chi connectivity index (χ4v) is 2.62. The number of benzene rings is 1. The molecule has 4 heteroatoms. The predicted molar refractivity (Wildman–Crippen MR) is 70.8 cm³/mol. The number of halogens is 1. The maximum atomic E-state index is 13.1. The summed E-state index contributed by atoms with van der Waals surface area (Å²) in [5.74, 6) is -0.183. The van der Waals surface area contributed by atoms with Crippen LogP contribution in [0.2, 0.25) is 0 Å². The van der Waals surface area contributed by atoms with Gasteiger partial charge in [-0.15, -0.1) is 0 Å². The number of carbonyl (C=O) groups excluding carboxylic acids is 1. The van der Waals surface area contributed by atoms with Gasteiger partial charge in [0.1, 0.15) is 5.82 Å².